The molecule has 2 heterocycles. The predicted octanol–water partition coefficient (Wildman–Crippen LogP) is 3.81. The minimum Gasteiger partial charge on any atom is -0.493 e. The number of amides is 1. The van der Waals surface area contributed by atoms with Gasteiger partial charge in [-0.05, 0) is 24.6 Å². The van der Waals surface area contributed by atoms with Crippen LogP contribution in [0.2, 0.25) is 0 Å². The van der Waals surface area contributed by atoms with E-state index in [0.717, 1.165) is 5.56 Å². The van der Waals surface area contributed by atoms with Crippen molar-refractivity contribution in [2.75, 3.05) is 20.3 Å². The summed E-state index contributed by atoms with van der Waals surface area (Å²) >= 11 is 0. The van der Waals surface area contributed by atoms with Crippen LogP contribution >= 0.6 is 0 Å². The summed E-state index contributed by atoms with van der Waals surface area (Å²) in [6.45, 7) is 1.39. The molecule has 4 rings (SSSR count). The molecule has 0 bridgehead atoms. The number of carbonyl (C=O) groups is 1. The largest absolute Gasteiger partial charge is 0.493 e. The fourth-order valence-electron chi connectivity index (χ4n) is 3.29. The summed E-state index contributed by atoms with van der Waals surface area (Å²) < 4.78 is 25.3. The molecule has 0 fully saturated rings. The monoisotopic (exact) mass is 366 g/mol. The van der Waals surface area contributed by atoms with E-state index in [9.17, 15) is 9.18 Å². The van der Waals surface area contributed by atoms with Crippen LogP contribution in [0.1, 0.15) is 22.5 Å². The zero-order valence-corrected chi connectivity index (χ0v) is 14.9. The number of rotatable bonds is 2. The van der Waals surface area contributed by atoms with E-state index < -0.39 is 5.82 Å². The number of fused-ring (bicyclic) bond motifs is 2. The topological polar surface area (TPSA) is 51.7 Å². The van der Waals surface area contributed by atoms with E-state index in [-0.39, 0.29) is 17.1 Å². The molecule has 0 atom stereocenters. The van der Waals surface area contributed by atoms with Gasteiger partial charge in [-0.15, -0.1) is 0 Å². The number of halogens is 1. The Kier molecular flexibility index (Phi) is 4.62. The summed E-state index contributed by atoms with van der Waals surface area (Å²) in [5.41, 5.74) is 1.31. The Morgan fingerprint density at radius 1 is 1.19 bits per heavy atom. The third-order valence-electron chi connectivity index (χ3n) is 4.64. The van der Waals surface area contributed by atoms with Crippen LogP contribution in [0, 0.1) is 5.82 Å². The van der Waals surface area contributed by atoms with Crippen molar-refractivity contribution in [3.8, 4) is 11.5 Å². The van der Waals surface area contributed by atoms with Gasteiger partial charge in [-0.2, -0.15) is 0 Å². The SMILES string of the molecule is COc1cccc2c1OCCCN(C(=O)c1ccc3cccc(F)c3n1)C2. The summed E-state index contributed by atoms with van der Waals surface area (Å²) in [6, 6.07) is 13.7. The highest BCUT2D eigenvalue weighted by Gasteiger charge is 2.23. The molecule has 0 unspecified atom stereocenters. The van der Waals surface area contributed by atoms with Gasteiger partial charge in [0.2, 0.25) is 0 Å². The van der Waals surface area contributed by atoms with Gasteiger partial charge in [-0.25, -0.2) is 9.37 Å². The number of carbonyl (C=O) groups excluding carboxylic acids is 1. The number of hydrogen-bond donors (Lipinski definition) is 0. The van der Waals surface area contributed by atoms with Crippen molar-refractivity contribution in [3.63, 3.8) is 0 Å². The smallest absolute Gasteiger partial charge is 0.272 e. The molecule has 5 nitrogen and oxygen atoms in total. The van der Waals surface area contributed by atoms with Crippen LogP contribution in [0.5, 0.6) is 11.5 Å². The van der Waals surface area contributed by atoms with Gasteiger partial charge >= 0.3 is 0 Å². The summed E-state index contributed by atoms with van der Waals surface area (Å²) in [5, 5.41) is 0.669. The van der Waals surface area contributed by atoms with E-state index in [1.807, 2.05) is 18.2 Å². The highest BCUT2D eigenvalue weighted by atomic mass is 19.1. The van der Waals surface area contributed by atoms with E-state index in [4.69, 9.17) is 9.47 Å². The number of nitrogens with zero attached hydrogens (tertiary/aromatic N) is 2. The number of benzene rings is 2. The minimum absolute atomic E-state index is 0.209. The minimum atomic E-state index is -0.432. The zero-order chi connectivity index (χ0) is 18.8. The third kappa shape index (κ3) is 3.30. The molecule has 27 heavy (non-hydrogen) atoms. The van der Waals surface area contributed by atoms with Gasteiger partial charge in [-0.1, -0.05) is 30.3 Å². The highest BCUT2D eigenvalue weighted by molar-refractivity contribution is 5.95. The number of pyridine rings is 1. The maximum absolute atomic E-state index is 14.1. The summed E-state index contributed by atoms with van der Waals surface area (Å²) in [6.07, 6.45) is 0.686. The molecular formula is C21H19FN2O3. The fraction of sp³-hybridized carbons (Fsp3) is 0.238. The molecule has 1 aromatic heterocycles. The average molecular weight is 366 g/mol. The highest BCUT2D eigenvalue weighted by Crippen LogP contribution is 2.33. The molecule has 0 N–H and O–H groups in total. The Labute approximate surface area is 156 Å². The van der Waals surface area contributed by atoms with Gasteiger partial charge in [0.05, 0.1) is 13.7 Å². The van der Waals surface area contributed by atoms with Crippen molar-refractivity contribution in [1.29, 1.82) is 0 Å². The molecule has 0 saturated heterocycles. The van der Waals surface area contributed by atoms with E-state index in [1.165, 1.54) is 6.07 Å². The van der Waals surface area contributed by atoms with E-state index in [1.54, 1.807) is 36.3 Å². The van der Waals surface area contributed by atoms with E-state index in [0.29, 0.717) is 43.0 Å². The van der Waals surface area contributed by atoms with E-state index in [2.05, 4.69) is 4.98 Å². The quantitative estimate of drug-likeness (QED) is 0.692. The molecule has 1 amide bonds. The lowest BCUT2D eigenvalue weighted by Gasteiger charge is -2.27. The van der Waals surface area contributed by atoms with Crippen molar-refractivity contribution in [1.82, 2.24) is 9.88 Å². The molecule has 138 valence electrons. The molecule has 0 aliphatic carbocycles. The van der Waals surface area contributed by atoms with Crippen LogP contribution in [-0.2, 0) is 6.54 Å². The Morgan fingerprint density at radius 2 is 2.04 bits per heavy atom. The number of ether oxygens (including phenoxy) is 2. The molecule has 0 saturated carbocycles. The predicted molar refractivity (Wildman–Crippen MR) is 99.5 cm³/mol. The van der Waals surface area contributed by atoms with Crippen molar-refractivity contribution in [3.05, 3.63) is 65.6 Å². The van der Waals surface area contributed by atoms with Gasteiger partial charge in [0, 0.05) is 24.0 Å². The second-order valence-electron chi connectivity index (χ2n) is 6.39. The van der Waals surface area contributed by atoms with Crippen molar-refractivity contribution in [2.24, 2.45) is 0 Å². The first-order chi connectivity index (χ1) is 13.2. The normalized spacial score (nSPS) is 14.1. The molecule has 0 spiro atoms. The van der Waals surface area contributed by atoms with Crippen molar-refractivity contribution < 1.29 is 18.7 Å². The van der Waals surface area contributed by atoms with Crippen LogP contribution in [0.25, 0.3) is 10.9 Å². The van der Waals surface area contributed by atoms with Gasteiger partial charge in [0.1, 0.15) is 17.0 Å². The maximum Gasteiger partial charge on any atom is 0.272 e. The second-order valence-corrected chi connectivity index (χ2v) is 6.39. The molecule has 6 heteroatoms. The third-order valence-corrected chi connectivity index (χ3v) is 4.64. The first kappa shape index (κ1) is 17.3. The number of hydrogen-bond acceptors (Lipinski definition) is 4. The lowest BCUT2D eigenvalue weighted by molar-refractivity contribution is 0.0715. The average Bonchev–Trinajstić information content (AvgIpc) is 2.67. The van der Waals surface area contributed by atoms with Gasteiger partial charge in [0.25, 0.3) is 5.91 Å². The first-order valence-electron chi connectivity index (χ1n) is 8.80. The fourth-order valence-corrected chi connectivity index (χ4v) is 3.29. The van der Waals surface area contributed by atoms with Gasteiger partial charge in [0.15, 0.2) is 11.5 Å². The van der Waals surface area contributed by atoms with E-state index >= 15 is 0 Å². The van der Waals surface area contributed by atoms with Crippen LogP contribution < -0.4 is 9.47 Å². The Bertz CT molecular complexity index is 1010. The van der Waals surface area contributed by atoms with Crippen LogP contribution in [0.3, 0.4) is 0 Å². The maximum atomic E-state index is 14.1. The molecule has 0 radical (unpaired) electrons. The molecule has 3 aromatic rings. The van der Waals surface area contributed by atoms with Crippen LogP contribution in [0.4, 0.5) is 4.39 Å². The molecule has 2 aromatic carbocycles. The number of para-hydroxylation sites is 2. The summed E-state index contributed by atoms with van der Waals surface area (Å²) in [5.74, 6) is 0.650. The van der Waals surface area contributed by atoms with Gasteiger partial charge < -0.3 is 14.4 Å². The van der Waals surface area contributed by atoms with Crippen LogP contribution in [0.15, 0.2) is 48.5 Å². The summed E-state index contributed by atoms with van der Waals surface area (Å²) in [4.78, 5) is 19.0. The van der Waals surface area contributed by atoms with Crippen LogP contribution in [-0.4, -0.2) is 36.1 Å². The Balaban J connectivity index is 1.68. The lowest BCUT2D eigenvalue weighted by atomic mass is 10.1. The summed E-state index contributed by atoms with van der Waals surface area (Å²) in [7, 11) is 1.59. The standard InChI is InChI=1S/C21H19FN2O3/c1-26-18-8-3-6-15-13-24(11-4-12-27-20(15)18)21(25)17-10-9-14-5-2-7-16(22)19(14)23-17/h2-3,5-10H,4,11-13H2,1H3. The first-order valence-corrected chi connectivity index (χ1v) is 8.80. The van der Waals surface area contributed by atoms with Crippen molar-refractivity contribution in [2.45, 2.75) is 13.0 Å². The molecule has 1 aliphatic heterocycles. The van der Waals surface area contributed by atoms with Crippen molar-refractivity contribution >= 4 is 16.8 Å². The molecule has 1 aliphatic rings. The Hall–Kier alpha value is -3.15. The Morgan fingerprint density at radius 3 is 2.89 bits per heavy atom. The number of methoxy groups -OCH3 is 1. The lowest BCUT2D eigenvalue weighted by Crippen LogP contribution is -2.34. The number of aromatic nitrogens is 1. The zero-order valence-electron chi connectivity index (χ0n) is 14.9. The second kappa shape index (κ2) is 7.23. The molecular weight excluding hydrogens is 347 g/mol. The van der Waals surface area contributed by atoms with Gasteiger partial charge in [-0.3, -0.25) is 4.79 Å².